The molecule has 3 aromatic rings. The third-order valence-corrected chi connectivity index (χ3v) is 5.10. The molecule has 0 bridgehead atoms. The van der Waals surface area contributed by atoms with Crippen molar-refractivity contribution in [3.63, 3.8) is 0 Å². The molecule has 1 unspecified atom stereocenters. The highest BCUT2D eigenvalue weighted by molar-refractivity contribution is 5.85. The summed E-state index contributed by atoms with van der Waals surface area (Å²) in [6.45, 7) is 2.84. The Hall–Kier alpha value is -2.40. The summed E-state index contributed by atoms with van der Waals surface area (Å²) in [6.07, 6.45) is 5.87. The number of aryl methyl sites for hydroxylation is 1. The highest BCUT2D eigenvalue weighted by Crippen LogP contribution is 2.33. The summed E-state index contributed by atoms with van der Waals surface area (Å²) in [7, 11) is 1.49. The third-order valence-electron chi connectivity index (χ3n) is 5.10. The first-order valence-corrected chi connectivity index (χ1v) is 9.17. The lowest BCUT2D eigenvalue weighted by atomic mass is 9.96. The van der Waals surface area contributed by atoms with E-state index in [2.05, 4.69) is 18.1 Å². The zero-order chi connectivity index (χ0) is 18.1. The van der Waals surface area contributed by atoms with Crippen LogP contribution in [0.1, 0.15) is 38.0 Å². The Morgan fingerprint density at radius 1 is 1.27 bits per heavy atom. The fourth-order valence-corrected chi connectivity index (χ4v) is 3.66. The van der Waals surface area contributed by atoms with E-state index in [-0.39, 0.29) is 17.8 Å². The molecule has 0 saturated carbocycles. The predicted octanol–water partition coefficient (Wildman–Crippen LogP) is 5.11. The molecule has 2 aromatic carbocycles. The van der Waals surface area contributed by atoms with Gasteiger partial charge in [0.1, 0.15) is 0 Å². The maximum absolute atomic E-state index is 14.3. The van der Waals surface area contributed by atoms with Crippen LogP contribution in [0.4, 0.5) is 4.39 Å². The molecular formula is C21H23FN2O2. The first-order valence-electron chi connectivity index (χ1n) is 9.17. The first-order chi connectivity index (χ1) is 12.7. The minimum Gasteiger partial charge on any atom is -0.494 e. The molecule has 4 rings (SSSR count). The van der Waals surface area contributed by atoms with Crippen molar-refractivity contribution in [3.05, 3.63) is 47.9 Å². The van der Waals surface area contributed by atoms with Gasteiger partial charge in [0.2, 0.25) is 0 Å². The Kier molecular flexibility index (Phi) is 4.64. The van der Waals surface area contributed by atoms with Crippen LogP contribution >= 0.6 is 0 Å². The van der Waals surface area contributed by atoms with E-state index in [0.717, 1.165) is 59.9 Å². The van der Waals surface area contributed by atoms with Crippen molar-refractivity contribution in [2.24, 2.45) is 0 Å². The molecule has 2 heterocycles. The molecule has 0 N–H and O–H groups in total. The molecule has 5 heteroatoms. The van der Waals surface area contributed by atoms with E-state index in [1.807, 2.05) is 23.0 Å². The van der Waals surface area contributed by atoms with Gasteiger partial charge in [0.15, 0.2) is 17.8 Å². The molecular weight excluding hydrogens is 331 g/mol. The van der Waals surface area contributed by atoms with Gasteiger partial charge in [-0.15, -0.1) is 0 Å². The topological polar surface area (TPSA) is 36.3 Å². The van der Waals surface area contributed by atoms with E-state index in [1.165, 1.54) is 7.11 Å². The van der Waals surface area contributed by atoms with Gasteiger partial charge < -0.3 is 9.47 Å². The molecule has 1 aliphatic heterocycles. The Balaban J connectivity index is 1.81. The molecule has 4 nitrogen and oxygen atoms in total. The average Bonchev–Trinajstić information content (AvgIpc) is 3.11. The molecule has 1 fully saturated rings. The largest absolute Gasteiger partial charge is 0.494 e. The van der Waals surface area contributed by atoms with Crippen LogP contribution in [0.2, 0.25) is 0 Å². The van der Waals surface area contributed by atoms with Crippen LogP contribution in [0.25, 0.3) is 22.0 Å². The number of aromatic nitrogens is 2. The van der Waals surface area contributed by atoms with Gasteiger partial charge in [0.25, 0.3) is 0 Å². The summed E-state index contributed by atoms with van der Waals surface area (Å²) in [5.74, 6) is -0.0590. The number of ether oxygens (including phenoxy) is 2. The van der Waals surface area contributed by atoms with Gasteiger partial charge >= 0.3 is 0 Å². The number of hydrogen-bond donors (Lipinski definition) is 0. The average molecular weight is 354 g/mol. The number of nitrogens with zero attached hydrogens (tertiary/aromatic N) is 2. The second kappa shape index (κ2) is 7.08. The lowest BCUT2D eigenvalue weighted by molar-refractivity contribution is -0.0366. The summed E-state index contributed by atoms with van der Waals surface area (Å²) in [4.78, 5) is 0. The number of fused-ring (bicyclic) bond motifs is 1. The fourth-order valence-electron chi connectivity index (χ4n) is 3.66. The smallest absolute Gasteiger partial charge is 0.165 e. The number of methoxy groups -OCH3 is 1. The molecule has 1 atom stereocenters. The van der Waals surface area contributed by atoms with Gasteiger partial charge in [-0.2, -0.15) is 5.10 Å². The summed E-state index contributed by atoms with van der Waals surface area (Å²) >= 11 is 0. The first kappa shape index (κ1) is 17.0. The van der Waals surface area contributed by atoms with Gasteiger partial charge in [-0.3, -0.25) is 0 Å². The molecule has 1 saturated heterocycles. The second-order valence-corrected chi connectivity index (χ2v) is 6.68. The number of rotatable bonds is 4. The van der Waals surface area contributed by atoms with E-state index in [9.17, 15) is 4.39 Å². The predicted molar refractivity (Wildman–Crippen MR) is 99.9 cm³/mol. The van der Waals surface area contributed by atoms with Gasteiger partial charge in [-0.05, 0) is 60.6 Å². The normalized spacial score (nSPS) is 17.6. The van der Waals surface area contributed by atoms with E-state index >= 15 is 0 Å². The standard InChI is InChI=1S/C21H23FN2O2/c1-3-14-11-20(25-2)18(22)12-17(14)15-7-8-16-13-23-24(19(16)10-15)21-6-4-5-9-26-21/h7-8,10-13,21H,3-6,9H2,1-2H3. The van der Waals surface area contributed by atoms with Crippen molar-refractivity contribution in [3.8, 4) is 16.9 Å². The molecule has 0 spiro atoms. The van der Waals surface area contributed by atoms with Crippen LogP contribution in [0, 0.1) is 5.82 Å². The van der Waals surface area contributed by atoms with Gasteiger partial charge in [-0.25, -0.2) is 9.07 Å². The summed E-state index contributed by atoms with van der Waals surface area (Å²) < 4.78 is 27.3. The highest BCUT2D eigenvalue weighted by Gasteiger charge is 2.19. The zero-order valence-corrected chi connectivity index (χ0v) is 15.2. The summed E-state index contributed by atoms with van der Waals surface area (Å²) in [5, 5.41) is 5.60. The van der Waals surface area contributed by atoms with Crippen molar-refractivity contribution < 1.29 is 13.9 Å². The maximum atomic E-state index is 14.3. The number of halogens is 1. The van der Waals surface area contributed by atoms with Crippen LogP contribution in [-0.4, -0.2) is 23.5 Å². The highest BCUT2D eigenvalue weighted by atomic mass is 19.1. The molecule has 26 heavy (non-hydrogen) atoms. The van der Waals surface area contributed by atoms with Crippen molar-refractivity contribution in [2.45, 2.75) is 38.8 Å². The lowest BCUT2D eigenvalue weighted by Gasteiger charge is -2.23. The van der Waals surface area contributed by atoms with Crippen molar-refractivity contribution >= 4 is 10.9 Å². The Labute approximate surface area is 152 Å². The maximum Gasteiger partial charge on any atom is 0.165 e. The van der Waals surface area contributed by atoms with Gasteiger partial charge in [0.05, 0.1) is 18.8 Å². The molecule has 1 aromatic heterocycles. The fraction of sp³-hybridized carbons (Fsp3) is 0.381. The van der Waals surface area contributed by atoms with Crippen molar-refractivity contribution in [1.82, 2.24) is 9.78 Å². The minimum atomic E-state index is -0.344. The van der Waals surface area contributed by atoms with Crippen LogP contribution in [0.3, 0.4) is 0 Å². The molecule has 136 valence electrons. The quantitative estimate of drug-likeness (QED) is 0.653. The number of hydrogen-bond acceptors (Lipinski definition) is 3. The lowest BCUT2D eigenvalue weighted by Crippen LogP contribution is -2.18. The summed E-state index contributed by atoms with van der Waals surface area (Å²) in [5.41, 5.74) is 3.95. The van der Waals surface area contributed by atoms with E-state index < -0.39 is 0 Å². The Bertz CT molecular complexity index is 929. The Morgan fingerprint density at radius 2 is 2.15 bits per heavy atom. The van der Waals surface area contributed by atoms with E-state index in [1.54, 1.807) is 12.1 Å². The number of benzene rings is 2. The van der Waals surface area contributed by atoms with Gasteiger partial charge in [-0.1, -0.05) is 19.1 Å². The zero-order valence-electron chi connectivity index (χ0n) is 15.2. The van der Waals surface area contributed by atoms with E-state index in [0.29, 0.717) is 0 Å². The van der Waals surface area contributed by atoms with Crippen LogP contribution in [0.5, 0.6) is 5.75 Å². The molecule has 1 aliphatic rings. The van der Waals surface area contributed by atoms with Crippen LogP contribution < -0.4 is 4.74 Å². The van der Waals surface area contributed by atoms with E-state index in [4.69, 9.17) is 9.47 Å². The van der Waals surface area contributed by atoms with Gasteiger partial charge in [0, 0.05) is 12.0 Å². The SMILES string of the molecule is CCc1cc(OC)c(F)cc1-c1ccc2cnn(C3CCCCO3)c2c1. The monoisotopic (exact) mass is 354 g/mol. The van der Waals surface area contributed by atoms with Crippen LogP contribution in [-0.2, 0) is 11.2 Å². The van der Waals surface area contributed by atoms with Crippen molar-refractivity contribution in [2.75, 3.05) is 13.7 Å². The van der Waals surface area contributed by atoms with Crippen molar-refractivity contribution in [1.29, 1.82) is 0 Å². The Morgan fingerprint density at radius 3 is 2.88 bits per heavy atom. The molecule has 0 amide bonds. The summed E-state index contributed by atoms with van der Waals surface area (Å²) in [6, 6.07) is 9.50. The minimum absolute atomic E-state index is 0.0188. The molecule has 0 aliphatic carbocycles. The molecule has 0 radical (unpaired) electrons. The third kappa shape index (κ3) is 2.97. The second-order valence-electron chi connectivity index (χ2n) is 6.68. The van der Waals surface area contributed by atoms with Crippen LogP contribution in [0.15, 0.2) is 36.5 Å².